The molecule has 1 saturated heterocycles. The molecule has 2 aromatic heterocycles. The smallest absolute Gasteiger partial charge is 0.242 e. The van der Waals surface area contributed by atoms with Gasteiger partial charge in [-0.1, -0.05) is 6.07 Å². The molecule has 1 unspecified atom stereocenters. The molecule has 0 radical (unpaired) electrons. The van der Waals surface area contributed by atoms with Crippen molar-refractivity contribution in [2.24, 2.45) is 0 Å². The number of carbonyl (C=O) groups excluding carboxylic acids is 2. The topological polar surface area (TPSA) is 98.1 Å². The molecule has 8 heteroatoms. The minimum Gasteiger partial charge on any atom is -0.367 e. The maximum atomic E-state index is 12.5. The van der Waals surface area contributed by atoms with Gasteiger partial charge in [-0.2, -0.15) is 5.26 Å². The summed E-state index contributed by atoms with van der Waals surface area (Å²) in [5.74, 6) is 0.374. The van der Waals surface area contributed by atoms with Crippen LogP contribution in [0.15, 0.2) is 35.8 Å². The number of thiophene rings is 1. The molecular weight excluding hydrogens is 362 g/mol. The number of carbonyl (C=O) groups is 2. The van der Waals surface area contributed by atoms with Gasteiger partial charge in [0.05, 0.1) is 12.0 Å². The van der Waals surface area contributed by atoms with Crippen molar-refractivity contribution in [3.8, 4) is 6.07 Å². The fraction of sp³-hybridized carbons (Fsp3) is 0.368. The van der Waals surface area contributed by atoms with Crippen molar-refractivity contribution in [2.75, 3.05) is 25.0 Å². The highest BCUT2D eigenvalue weighted by atomic mass is 32.1. The Morgan fingerprint density at radius 3 is 3.00 bits per heavy atom. The first-order valence-electron chi connectivity index (χ1n) is 8.87. The number of hydrogen-bond acceptors (Lipinski definition) is 6. The number of hydrogen-bond donors (Lipinski definition) is 2. The predicted octanol–water partition coefficient (Wildman–Crippen LogP) is 1.78. The summed E-state index contributed by atoms with van der Waals surface area (Å²) in [6, 6.07) is 8.92. The van der Waals surface area contributed by atoms with E-state index in [1.807, 2.05) is 17.5 Å². The minimum absolute atomic E-state index is 0.000345. The summed E-state index contributed by atoms with van der Waals surface area (Å²) in [6.45, 7) is 1.47. The van der Waals surface area contributed by atoms with E-state index in [4.69, 9.17) is 5.26 Å². The normalized spacial score (nSPS) is 16.0. The summed E-state index contributed by atoms with van der Waals surface area (Å²) < 4.78 is 0. The second kappa shape index (κ2) is 9.14. The summed E-state index contributed by atoms with van der Waals surface area (Å²) in [5.41, 5.74) is 0.463. The van der Waals surface area contributed by atoms with Gasteiger partial charge < -0.3 is 15.5 Å². The van der Waals surface area contributed by atoms with Crippen molar-refractivity contribution in [1.82, 2.24) is 15.2 Å². The van der Waals surface area contributed by atoms with Crippen LogP contribution in [0.3, 0.4) is 0 Å². The van der Waals surface area contributed by atoms with Crippen LogP contribution in [0, 0.1) is 11.3 Å². The molecule has 0 spiro atoms. The van der Waals surface area contributed by atoms with Gasteiger partial charge in [0, 0.05) is 30.7 Å². The maximum absolute atomic E-state index is 12.5. The lowest BCUT2D eigenvalue weighted by molar-refractivity contribution is -0.137. The van der Waals surface area contributed by atoms with Gasteiger partial charge in [-0.05, 0) is 36.4 Å². The van der Waals surface area contributed by atoms with Crippen LogP contribution < -0.4 is 10.6 Å². The van der Waals surface area contributed by atoms with E-state index in [2.05, 4.69) is 21.7 Å². The van der Waals surface area contributed by atoms with E-state index < -0.39 is 6.04 Å². The van der Waals surface area contributed by atoms with Crippen LogP contribution in [-0.4, -0.2) is 47.4 Å². The quantitative estimate of drug-likeness (QED) is 0.710. The van der Waals surface area contributed by atoms with E-state index in [0.29, 0.717) is 43.9 Å². The maximum Gasteiger partial charge on any atom is 0.242 e. The molecule has 0 aliphatic carbocycles. The first kappa shape index (κ1) is 18.9. The molecule has 7 nitrogen and oxygen atoms in total. The number of nitriles is 1. The van der Waals surface area contributed by atoms with Crippen LogP contribution in [0.5, 0.6) is 0 Å². The molecule has 1 fully saturated rings. The summed E-state index contributed by atoms with van der Waals surface area (Å²) >= 11 is 1.55. The van der Waals surface area contributed by atoms with Crippen molar-refractivity contribution in [2.45, 2.75) is 25.3 Å². The highest BCUT2D eigenvalue weighted by molar-refractivity contribution is 7.10. The molecule has 140 valence electrons. The second-order valence-electron chi connectivity index (χ2n) is 6.23. The van der Waals surface area contributed by atoms with Crippen molar-refractivity contribution in [3.05, 3.63) is 46.3 Å². The average molecular weight is 383 g/mol. The molecule has 0 bridgehead atoms. The monoisotopic (exact) mass is 383 g/mol. The molecule has 1 aliphatic rings. The lowest BCUT2D eigenvalue weighted by Gasteiger charge is -2.24. The first-order valence-corrected chi connectivity index (χ1v) is 9.75. The SMILES string of the molecule is N#Cc1cccnc1NCCNC(=O)C1CCCN1C(=O)Cc1cccs1. The zero-order valence-corrected chi connectivity index (χ0v) is 15.7. The van der Waals surface area contributed by atoms with Gasteiger partial charge in [0.1, 0.15) is 17.9 Å². The fourth-order valence-corrected chi connectivity index (χ4v) is 3.82. The van der Waals surface area contributed by atoms with Gasteiger partial charge in [0.2, 0.25) is 11.8 Å². The van der Waals surface area contributed by atoms with Crippen molar-refractivity contribution in [1.29, 1.82) is 5.26 Å². The van der Waals surface area contributed by atoms with Crippen molar-refractivity contribution >= 4 is 29.0 Å². The molecule has 2 aromatic rings. The third-order valence-corrected chi connectivity index (χ3v) is 5.30. The van der Waals surface area contributed by atoms with E-state index in [0.717, 1.165) is 11.3 Å². The Bertz CT molecular complexity index is 831. The zero-order chi connectivity index (χ0) is 19.1. The third-order valence-electron chi connectivity index (χ3n) is 4.43. The first-order chi connectivity index (χ1) is 13.2. The van der Waals surface area contributed by atoms with Crippen molar-refractivity contribution < 1.29 is 9.59 Å². The second-order valence-corrected chi connectivity index (χ2v) is 7.26. The van der Waals surface area contributed by atoms with Crippen LogP contribution >= 0.6 is 11.3 Å². The Labute approximate surface area is 162 Å². The summed E-state index contributed by atoms with van der Waals surface area (Å²) in [5, 5.41) is 16.9. The molecule has 1 atom stereocenters. The Balaban J connectivity index is 1.47. The molecule has 27 heavy (non-hydrogen) atoms. The Morgan fingerprint density at radius 2 is 2.22 bits per heavy atom. The molecule has 2 amide bonds. The van der Waals surface area contributed by atoms with Crippen LogP contribution in [0.2, 0.25) is 0 Å². The van der Waals surface area contributed by atoms with Gasteiger partial charge in [-0.15, -0.1) is 11.3 Å². The van der Waals surface area contributed by atoms with E-state index in [-0.39, 0.29) is 11.8 Å². The van der Waals surface area contributed by atoms with Gasteiger partial charge in [0.25, 0.3) is 0 Å². The molecule has 3 heterocycles. The Hall–Kier alpha value is -2.92. The van der Waals surface area contributed by atoms with Crippen LogP contribution in [0.1, 0.15) is 23.3 Å². The number of amides is 2. The fourth-order valence-electron chi connectivity index (χ4n) is 3.12. The lowest BCUT2D eigenvalue weighted by atomic mass is 10.2. The molecule has 1 aliphatic heterocycles. The van der Waals surface area contributed by atoms with Gasteiger partial charge in [-0.25, -0.2) is 4.98 Å². The highest BCUT2D eigenvalue weighted by Gasteiger charge is 2.33. The average Bonchev–Trinajstić information content (AvgIpc) is 3.37. The van der Waals surface area contributed by atoms with Gasteiger partial charge >= 0.3 is 0 Å². The number of aromatic nitrogens is 1. The van der Waals surface area contributed by atoms with Crippen LogP contribution in [0.25, 0.3) is 0 Å². The number of anilines is 1. The van der Waals surface area contributed by atoms with Crippen LogP contribution in [-0.2, 0) is 16.0 Å². The number of likely N-dealkylation sites (tertiary alicyclic amines) is 1. The highest BCUT2D eigenvalue weighted by Crippen LogP contribution is 2.20. The Morgan fingerprint density at radius 1 is 1.33 bits per heavy atom. The largest absolute Gasteiger partial charge is 0.367 e. The summed E-state index contributed by atoms with van der Waals surface area (Å²) in [7, 11) is 0. The molecular formula is C19H21N5O2S. The van der Waals surface area contributed by atoms with Gasteiger partial charge in [0.15, 0.2) is 0 Å². The van der Waals surface area contributed by atoms with E-state index in [1.54, 1.807) is 34.6 Å². The molecule has 3 rings (SSSR count). The standard InChI is InChI=1S/C19H21N5O2S/c20-13-14-4-1-7-21-18(14)22-8-9-23-19(26)16-6-2-10-24(16)17(25)12-15-5-3-11-27-15/h1,3-5,7,11,16H,2,6,8-10,12H2,(H,21,22)(H,23,26). The number of nitrogens with zero attached hydrogens (tertiary/aromatic N) is 3. The zero-order valence-electron chi connectivity index (χ0n) is 14.9. The number of rotatable bonds is 7. The van der Waals surface area contributed by atoms with Gasteiger partial charge in [-0.3, -0.25) is 9.59 Å². The van der Waals surface area contributed by atoms with Crippen LogP contribution in [0.4, 0.5) is 5.82 Å². The number of pyridine rings is 1. The summed E-state index contributed by atoms with van der Waals surface area (Å²) in [4.78, 5) is 31.8. The minimum atomic E-state index is -0.401. The van der Waals surface area contributed by atoms with E-state index in [1.165, 1.54) is 0 Å². The Kier molecular flexibility index (Phi) is 6.39. The van der Waals surface area contributed by atoms with E-state index in [9.17, 15) is 9.59 Å². The van der Waals surface area contributed by atoms with Crippen molar-refractivity contribution in [3.63, 3.8) is 0 Å². The molecule has 2 N–H and O–H groups in total. The predicted molar refractivity (Wildman–Crippen MR) is 103 cm³/mol. The third kappa shape index (κ3) is 4.83. The summed E-state index contributed by atoms with van der Waals surface area (Å²) in [6.07, 6.45) is 3.48. The number of nitrogens with one attached hydrogen (secondary N) is 2. The molecule has 0 aromatic carbocycles. The molecule has 0 saturated carbocycles. The lowest BCUT2D eigenvalue weighted by Crippen LogP contribution is -2.47. The van der Waals surface area contributed by atoms with E-state index >= 15 is 0 Å².